The molecule has 0 aromatic carbocycles. The third-order valence-corrected chi connectivity index (χ3v) is 4.38. The summed E-state index contributed by atoms with van der Waals surface area (Å²) < 4.78 is 0. The summed E-state index contributed by atoms with van der Waals surface area (Å²) in [5.74, 6) is 0. The van der Waals surface area contributed by atoms with Gasteiger partial charge in [0.25, 0.3) is 0 Å². The van der Waals surface area contributed by atoms with Gasteiger partial charge < -0.3 is 4.90 Å². The van der Waals surface area contributed by atoms with E-state index >= 15 is 0 Å². The van der Waals surface area contributed by atoms with E-state index in [1.54, 1.807) is 22.7 Å². The van der Waals surface area contributed by atoms with Crippen molar-refractivity contribution in [1.29, 1.82) is 0 Å². The smallest absolute Gasteiger partial charge is 0.0676 e. The average molecular weight is 261 g/mol. The minimum absolute atomic E-state index is 0.848. The van der Waals surface area contributed by atoms with Gasteiger partial charge in [-0.25, -0.2) is 0 Å². The molecule has 2 rings (SSSR count). The van der Waals surface area contributed by atoms with Crippen molar-refractivity contribution in [1.82, 2.24) is 0 Å². The van der Waals surface area contributed by atoms with Gasteiger partial charge in [0, 0.05) is 18.0 Å². The second-order valence-corrected chi connectivity index (χ2v) is 5.46. The first-order chi connectivity index (χ1) is 8.36. The Hall–Kier alpha value is -1.32. The van der Waals surface area contributed by atoms with Crippen LogP contribution in [0.5, 0.6) is 0 Å². The van der Waals surface area contributed by atoms with Gasteiger partial charge in [0.2, 0.25) is 0 Å². The van der Waals surface area contributed by atoms with Crippen molar-refractivity contribution in [2.75, 3.05) is 18.0 Å². The summed E-state index contributed by atoms with van der Waals surface area (Å²) in [7, 11) is 0. The van der Waals surface area contributed by atoms with Crippen LogP contribution in [0.2, 0.25) is 0 Å². The molecule has 0 N–H and O–H groups in total. The van der Waals surface area contributed by atoms with E-state index in [0.29, 0.717) is 0 Å². The van der Waals surface area contributed by atoms with E-state index in [1.165, 1.54) is 15.4 Å². The maximum absolute atomic E-state index is 3.82. The van der Waals surface area contributed by atoms with E-state index in [9.17, 15) is 0 Å². The lowest BCUT2D eigenvalue weighted by atomic mass is 10.3. The second kappa shape index (κ2) is 5.84. The van der Waals surface area contributed by atoms with E-state index in [1.807, 2.05) is 12.2 Å². The van der Waals surface area contributed by atoms with Gasteiger partial charge in [-0.1, -0.05) is 18.2 Å². The molecular formula is C14H15NS2. The second-order valence-electron chi connectivity index (χ2n) is 3.59. The lowest BCUT2D eigenvalue weighted by Gasteiger charge is -2.21. The van der Waals surface area contributed by atoms with Crippen molar-refractivity contribution in [3.63, 3.8) is 0 Å². The van der Waals surface area contributed by atoms with Gasteiger partial charge in [-0.2, -0.15) is 0 Å². The molecule has 0 radical (unpaired) electrons. The van der Waals surface area contributed by atoms with Crippen LogP contribution in [0.25, 0.3) is 9.75 Å². The predicted octanol–water partition coefficient (Wildman–Crippen LogP) is 4.66. The number of hydrogen-bond acceptors (Lipinski definition) is 3. The van der Waals surface area contributed by atoms with Crippen molar-refractivity contribution < 1.29 is 0 Å². The number of nitrogens with zero attached hydrogens (tertiary/aromatic N) is 1. The quantitative estimate of drug-likeness (QED) is 0.684. The lowest BCUT2D eigenvalue weighted by Crippen LogP contribution is -2.22. The van der Waals surface area contributed by atoms with Gasteiger partial charge in [-0.3, -0.25) is 0 Å². The molecule has 0 spiro atoms. The Morgan fingerprint density at radius 1 is 1.06 bits per heavy atom. The highest BCUT2D eigenvalue weighted by Crippen LogP contribution is 2.38. The molecule has 0 aliphatic carbocycles. The summed E-state index contributed by atoms with van der Waals surface area (Å²) in [5.41, 5.74) is 1.28. The molecule has 0 amide bonds. The lowest BCUT2D eigenvalue weighted by molar-refractivity contribution is 0.962. The normalized spacial score (nSPS) is 10.1. The number of anilines is 1. The Labute approximate surface area is 110 Å². The molecule has 0 unspecified atom stereocenters. The molecule has 0 atom stereocenters. The average Bonchev–Trinajstić information content (AvgIpc) is 2.99. The minimum Gasteiger partial charge on any atom is -0.363 e. The Kier molecular flexibility index (Phi) is 4.18. The highest BCUT2D eigenvalue weighted by Gasteiger charge is 2.12. The van der Waals surface area contributed by atoms with Gasteiger partial charge in [0.15, 0.2) is 0 Å². The molecule has 17 heavy (non-hydrogen) atoms. The van der Waals surface area contributed by atoms with Crippen molar-refractivity contribution in [2.24, 2.45) is 0 Å². The Morgan fingerprint density at radius 2 is 1.82 bits per heavy atom. The minimum atomic E-state index is 0.848. The van der Waals surface area contributed by atoms with Crippen LogP contribution in [0.1, 0.15) is 0 Å². The fourth-order valence-corrected chi connectivity index (χ4v) is 3.52. The molecule has 0 bridgehead atoms. The van der Waals surface area contributed by atoms with Crippen LogP contribution in [0.3, 0.4) is 0 Å². The monoisotopic (exact) mass is 261 g/mol. The first-order valence-electron chi connectivity index (χ1n) is 5.45. The molecule has 0 aliphatic rings. The van der Waals surface area contributed by atoms with Gasteiger partial charge in [-0.05, 0) is 22.9 Å². The molecule has 0 saturated heterocycles. The van der Waals surface area contributed by atoms with Crippen molar-refractivity contribution in [3.05, 3.63) is 54.3 Å². The van der Waals surface area contributed by atoms with Crippen LogP contribution in [0, 0.1) is 0 Å². The summed E-state index contributed by atoms with van der Waals surface area (Å²) in [4.78, 5) is 4.95. The molecule has 2 aromatic heterocycles. The highest BCUT2D eigenvalue weighted by molar-refractivity contribution is 7.20. The molecule has 2 aromatic rings. The summed E-state index contributed by atoms with van der Waals surface area (Å²) >= 11 is 3.57. The van der Waals surface area contributed by atoms with Crippen LogP contribution < -0.4 is 4.90 Å². The van der Waals surface area contributed by atoms with Crippen molar-refractivity contribution >= 4 is 28.4 Å². The van der Waals surface area contributed by atoms with Crippen LogP contribution in [0.4, 0.5) is 5.69 Å². The third kappa shape index (κ3) is 2.68. The zero-order valence-corrected chi connectivity index (χ0v) is 11.3. The summed E-state index contributed by atoms with van der Waals surface area (Å²) in [6.45, 7) is 9.33. The number of thiophene rings is 2. The van der Waals surface area contributed by atoms with Gasteiger partial charge in [0.1, 0.15) is 0 Å². The summed E-state index contributed by atoms with van der Waals surface area (Å²) in [6.07, 6.45) is 3.86. The standard InChI is InChI=1S/C14H15NS2/c1-3-8-15(9-4-2)12-7-11-17-14(12)13-6-5-10-16-13/h3-7,10-11H,1-2,8-9H2. The Bertz CT molecular complexity index is 472. The molecule has 0 saturated carbocycles. The predicted molar refractivity (Wildman–Crippen MR) is 80.2 cm³/mol. The van der Waals surface area contributed by atoms with E-state index in [0.717, 1.165) is 13.1 Å². The van der Waals surface area contributed by atoms with Gasteiger partial charge in [-0.15, -0.1) is 35.8 Å². The number of hydrogen-bond donors (Lipinski definition) is 0. The van der Waals surface area contributed by atoms with Crippen molar-refractivity contribution in [3.8, 4) is 9.75 Å². The number of rotatable bonds is 6. The Balaban J connectivity index is 2.34. The van der Waals surface area contributed by atoms with E-state index in [2.05, 4.69) is 47.0 Å². The molecule has 1 nitrogen and oxygen atoms in total. The molecule has 2 heterocycles. The van der Waals surface area contributed by atoms with Crippen LogP contribution in [-0.4, -0.2) is 13.1 Å². The molecule has 0 aliphatic heterocycles. The van der Waals surface area contributed by atoms with E-state index < -0.39 is 0 Å². The van der Waals surface area contributed by atoms with Crippen molar-refractivity contribution in [2.45, 2.75) is 0 Å². The zero-order valence-electron chi connectivity index (χ0n) is 9.63. The molecule has 0 fully saturated rings. The maximum atomic E-state index is 3.82. The van der Waals surface area contributed by atoms with Crippen LogP contribution in [-0.2, 0) is 0 Å². The van der Waals surface area contributed by atoms with E-state index in [-0.39, 0.29) is 0 Å². The molecule has 88 valence electrons. The highest BCUT2D eigenvalue weighted by atomic mass is 32.1. The van der Waals surface area contributed by atoms with Crippen LogP contribution >= 0.6 is 22.7 Å². The SMILES string of the molecule is C=CCN(CC=C)c1ccsc1-c1cccs1. The maximum Gasteiger partial charge on any atom is 0.0676 e. The summed E-state index contributed by atoms with van der Waals surface area (Å²) in [5, 5.41) is 4.26. The fraction of sp³-hybridized carbons (Fsp3) is 0.143. The third-order valence-electron chi connectivity index (χ3n) is 2.43. The zero-order chi connectivity index (χ0) is 12.1. The van der Waals surface area contributed by atoms with Gasteiger partial charge >= 0.3 is 0 Å². The first-order valence-corrected chi connectivity index (χ1v) is 7.21. The Morgan fingerprint density at radius 3 is 2.41 bits per heavy atom. The van der Waals surface area contributed by atoms with Crippen LogP contribution in [0.15, 0.2) is 54.3 Å². The summed E-state index contributed by atoms with van der Waals surface area (Å²) in [6, 6.07) is 6.43. The first kappa shape index (κ1) is 12.1. The largest absolute Gasteiger partial charge is 0.363 e. The van der Waals surface area contributed by atoms with E-state index in [4.69, 9.17) is 0 Å². The topological polar surface area (TPSA) is 3.24 Å². The molecule has 3 heteroatoms. The fourth-order valence-electron chi connectivity index (χ4n) is 1.73. The molecular weight excluding hydrogens is 246 g/mol. The van der Waals surface area contributed by atoms with Gasteiger partial charge in [0.05, 0.1) is 10.6 Å².